The van der Waals surface area contributed by atoms with Crippen molar-refractivity contribution >= 4 is 0 Å². The van der Waals surface area contributed by atoms with Crippen molar-refractivity contribution in [1.82, 2.24) is 14.8 Å². The predicted octanol–water partition coefficient (Wildman–Crippen LogP) is 0.231. The molecule has 2 unspecified atom stereocenters. The van der Waals surface area contributed by atoms with Crippen molar-refractivity contribution in [3.05, 3.63) is 30.1 Å². The second-order valence-corrected chi connectivity index (χ2v) is 4.90. The number of likely N-dealkylation sites (N-methyl/N-ethyl adjacent to an activating group) is 2. The maximum Gasteiger partial charge on any atom is 0.0763 e. The van der Waals surface area contributed by atoms with E-state index in [1.807, 2.05) is 18.2 Å². The van der Waals surface area contributed by atoms with Crippen LogP contribution in [0.15, 0.2) is 24.4 Å². The van der Waals surface area contributed by atoms with E-state index < -0.39 is 0 Å². The van der Waals surface area contributed by atoms with Gasteiger partial charge >= 0.3 is 0 Å². The topological polar surface area (TPSA) is 39.6 Å². The molecule has 1 saturated heterocycles. The van der Waals surface area contributed by atoms with Crippen LogP contribution in [0.3, 0.4) is 0 Å². The van der Waals surface area contributed by atoms with Crippen molar-refractivity contribution in [2.75, 3.05) is 33.7 Å². The third-order valence-corrected chi connectivity index (χ3v) is 3.49. The maximum atomic E-state index is 10.3. The second-order valence-electron chi connectivity index (χ2n) is 4.90. The quantitative estimate of drug-likeness (QED) is 0.814. The minimum atomic E-state index is -0.349. The Morgan fingerprint density at radius 2 is 2.24 bits per heavy atom. The van der Waals surface area contributed by atoms with Crippen LogP contribution in [0.25, 0.3) is 0 Å². The number of aliphatic hydroxyl groups is 1. The first-order valence-electron chi connectivity index (χ1n) is 6.13. The Bertz CT molecular complexity index is 344. The highest BCUT2D eigenvalue weighted by atomic mass is 16.3. The summed E-state index contributed by atoms with van der Waals surface area (Å²) in [5.41, 5.74) is 0.960. The number of nitrogens with zero attached hydrogens (tertiary/aromatic N) is 3. The molecule has 0 saturated carbocycles. The van der Waals surface area contributed by atoms with Gasteiger partial charge in [-0.1, -0.05) is 6.07 Å². The van der Waals surface area contributed by atoms with E-state index in [4.69, 9.17) is 0 Å². The molecule has 2 rings (SSSR count). The van der Waals surface area contributed by atoms with Gasteiger partial charge in [0, 0.05) is 44.0 Å². The number of pyridine rings is 1. The molecule has 0 radical (unpaired) electrons. The fraction of sp³-hybridized carbons (Fsp3) is 0.615. The highest BCUT2D eigenvalue weighted by molar-refractivity contribution is 5.05. The molecule has 1 fully saturated rings. The van der Waals surface area contributed by atoms with Crippen LogP contribution in [-0.4, -0.2) is 65.8 Å². The average Bonchev–Trinajstić information content (AvgIpc) is 2.33. The van der Waals surface area contributed by atoms with Crippen molar-refractivity contribution < 1.29 is 5.11 Å². The van der Waals surface area contributed by atoms with E-state index in [0.29, 0.717) is 6.42 Å². The lowest BCUT2D eigenvalue weighted by molar-refractivity contribution is 0.0148. The van der Waals surface area contributed by atoms with Crippen LogP contribution >= 0.6 is 0 Å². The number of aliphatic hydroxyl groups excluding tert-OH is 1. The molecule has 17 heavy (non-hydrogen) atoms. The van der Waals surface area contributed by atoms with Crippen molar-refractivity contribution in [2.45, 2.75) is 18.6 Å². The molecule has 2 atom stereocenters. The summed E-state index contributed by atoms with van der Waals surface area (Å²) in [6.07, 6.45) is 2.06. The SMILES string of the molecule is CN1CCN(C)C(C(O)Cc2ccccn2)C1. The smallest absolute Gasteiger partial charge is 0.0763 e. The fourth-order valence-electron chi connectivity index (χ4n) is 2.33. The van der Waals surface area contributed by atoms with Gasteiger partial charge in [-0.05, 0) is 26.2 Å². The normalized spacial score (nSPS) is 24.8. The third-order valence-electron chi connectivity index (χ3n) is 3.49. The summed E-state index contributed by atoms with van der Waals surface area (Å²) >= 11 is 0. The van der Waals surface area contributed by atoms with Crippen molar-refractivity contribution in [1.29, 1.82) is 0 Å². The fourth-order valence-corrected chi connectivity index (χ4v) is 2.33. The van der Waals surface area contributed by atoms with Crippen LogP contribution in [0.1, 0.15) is 5.69 Å². The number of rotatable bonds is 3. The Labute approximate surface area is 103 Å². The zero-order valence-electron chi connectivity index (χ0n) is 10.6. The zero-order chi connectivity index (χ0) is 12.3. The minimum absolute atomic E-state index is 0.204. The van der Waals surface area contributed by atoms with Gasteiger partial charge in [-0.3, -0.25) is 9.88 Å². The van der Waals surface area contributed by atoms with Crippen LogP contribution < -0.4 is 0 Å². The van der Waals surface area contributed by atoms with E-state index in [1.165, 1.54) is 0 Å². The summed E-state index contributed by atoms with van der Waals surface area (Å²) in [7, 11) is 4.19. The Morgan fingerprint density at radius 3 is 2.94 bits per heavy atom. The molecule has 4 heteroatoms. The Kier molecular flexibility index (Phi) is 4.10. The second kappa shape index (κ2) is 5.58. The number of piperazine rings is 1. The molecule has 0 aromatic carbocycles. The van der Waals surface area contributed by atoms with Gasteiger partial charge in [-0.15, -0.1) is 0 Å². The zero-order valence-corrected chi connectivity index (χ0v) is 10.6. The monoisotopic (exact) mass is 235 g/mol. The predicted molar refractivity (Wildman–Crippen MR) is 67.9 cm³/mol. The molecular weight excluding hydrogens is 214 g/mol. The van der Waals surface area contributed by atoms with Crippen LogP contribution in [-0.2, 0) is 6.42 Å². The van der Waals surface area contributed by atoms with Gasteiger partial charge in [0.2, 0.25) is 0 Å². The summed E-state index contributed by atoms with van der Waals surface area (Å²) in [5.74, 6) is 0. The van der Waals surface area contributed by atoms with E-state index in [0.717, 1.165) is 25.3 Å². The summed E-state index contributed by atoms with van der Waals surface area (Å²) < 4.78 is 0. The van der Waals surface area contributed by atoms with Gasteiger partial charge in [0.05, 0.1) is 6.10 Å². The molecule has 0 spiro atoms. The van der Waals surface area contributed by atoms with Crippen molar-refractivity contribution in [3.63, 3.8) is 0 Å². The lowest BCUT2D eigenvalue weighted by Crippen LogP contribution is -2.55. The van der Waals surface area contributed by atoms with Crippen molar-refractivity contribution in [3.8, 4) is 0 Å². The van der Waals surface area contributed by atoms with E-state index in [9.17, 15) is 5.11 Å². The molecule has 94 valence electrons. The number of hydrogen-bond donors (Lipinski definition) is 1. The Balaban J connectivity index is 1.97. The van der Waals surface area contributed by atoms with Crippen molar-refractivity contribution in [2.24, 2.45) is 0 Å². The van der Waals surface area contributed by atoms with E-state index in [2.05, 4.69) is 28.9 Å². The molecule has 0 bridgehead atoms. The summed E-state index contributed by atoms with van der Waals surface area (Å²) in [4.78, 5) is 8.78. The molecule has 1 aromatic heterocycles. The van der Waals surface area contributed by atoms with Crippen LogP contribution in [0.5, 0.6) is 0 Å². The lowest BCUT2D eigenvalue weighted by atomic mass is 10.0. The molecule has 1 aromatic rings. The molecule has 0 aliphatic carbocycles. The van der Waals surface area contributed by atoms with Gasteiger partial charge in [-0.2, -0.15) is 0 Å². The highest BCUT2D eigenvalue weighted by Crippen LogP contribution is 2.13. The summed E-state index contributed by atoms with van der Waals surface area (Å²) in [6.45, 7) is 3.01. The van der Waals surface area contributed by atoms with Gasteiger partial charge < -0.3 is 10.0 Å². The molecule has 1 N–H and O–H groups in total. The van der Waals surface area contributed by atoms with E-state index in [1.54, 1.807) is 6.20 Å². The molecule has 1 aliphatic heterocycles. The first-order chi connectivity index (χ1) is 8.16. The molecule has 1 aliphatic rings. The van der Waals surface area contributed by atoms with Gasteiger partial charge in [0.15, 0.2) is 0 Å². The third kappa shape index (κ3) is 3.25. The average molecular weight is 235 g/mol. The largest absolute Gasteiger partial charge is 0.391 e. The van der Waals surface area contributed by atoms with Gasteiger partial charge in [0.25, 0.3) is 0 Å². The molecule has 0 amide bonds. The number of hydrogen-bond acceptors (Lipinski definition) is 4. The molecular formula is C13H21N3O. The van der Waals surface area contributed by atoms with Crippen LogP contribution in [0.4, 0.5) is 0 Å². The molecule has 2 heterocycles. The first-order valence-corrected chi connectivity index (χ1v) is 6.13. The Morgan fingerprint density at radius 1 is 1.41 bits per heavy atom. The first kappa shape index (κ1) is 12.5. The number of aromatic nitrogens is 1. The van der Waals surface area contributed by atoms with Crippen LogP contribution in [0.2, 0.25) is 0 Å². The maximum absolute atomic E-state index is 10.3. The van der Waals surface area contributed by atoms with Crippen LogP contribution in [0, 0.1) is 0 Å². The standard InChI is InChI=1S/C13H21N3O/c1-15-7-8-16(2)12(10-15)13(17)9-11-5-3-4-6-14-11/h3-6,12-13,17H,7-10H2,1-2H3. The summed E-state index contributed by atoms with van der Waals surface area (Å²) in [6, 6.07) is 6.04. The summed E-state index contributed by atoms with van der Waals surface area (Å²) in [5, 5.41) is 10.3. The van der Waals surface area contributed by atoms with E-state index >= 15 is 0 Å². The molecule has 4 nitrogen and oxygen atoms in total. The van der Waals surface area contributed by atoms with E-state index in [-0.39, 0.29) is 12.1 Å². The lowest BCUT2D eigenvalue weighted by Gasteiger charge is -2.40. The van der Waals surface area contributed by atoms with Gasteiger partial charge in [0.1, 0.15) is 0 Å². The van der Waals surface area contributed by atoms with Gasteiger partial charge in [-0.25, -0.2) is 0 Å². The minimum Gasteiger partial charge on any atom is -0.391 e. The Hall–Kier alpha value is -0.970. The highest BCUT2D eigenvalue weighted by Gasteiger charge is 2.28.